The molecule has 1 fully saturated rings. The average molecular weight is 499 g/mol. The van der Waals surface area contributed by atoms with Crippen molar-refractivity contribution in [1.29, 1.82) is 0 Å². The van der Waals surface area contributed by atoms with Crippen LogP contribution in [0.4, 0.5) is 5.82 Å². The first-order valence-corrected chi connectivity index (χ1v) is 11.9. The summed E-state index contributed by atoms with van der Waals surface area (Å²) in [6, 6.07) is 9.08. The second kappa shape index (κ2) is 10.3. The number of imide groups is 1. The van der Waals surface area contributed by atoms with Gasteiger partial charge >= 0.3 is 0 Å². The highest BCUT2D eigenvalue weighted by Crippen LogP contribution is 2.26. The van der Waals surface area contributed by atoms with Gasteiger partial charge in [0.2, 0.25) is 5.91 Å². The summed E-state index contributed by atoms with van der Waals surface area (Å²) >= 11 is 3.33. The number of amides is 3. The fourth-order valence-electron chi connectivity index (χ4n) is 4.16. The number of anilines is 1. The summed E-state index contributed by atoms with van der Waals surface area (Å²) in [4.78, 5) is 45.3. The van der Waals surface area contributed by atoms with Crippen LogP contribution in [0.25, 0.3) is 0 Å². The molecule has 0 bridgehead atoms. The summed E-state index contributed by atoms with van der Waals surface area (Å²) in [5.41, 5.74) is 1.77. The van der Waals surface area contributed by atoms with E-state index in [9.17, 15) is 14.4 Å². The molecule has 168 valence electrons. The lowest BCUT2D eigenvalue weighted by atomic mass is 10.1. The van der Waals surface area contributed by atoms with Crippen LogP contribution in [0.5, 0.6) is 0 Å². The Kier molecular flexibility index (Phi) is 7.19. The normalized spacial score (nSPS) is 16.2. The maximum Gasteiger partial charge on any atom is 0.261 e. The van der Waals surface area contributed by atoms with Crippen molar-refractivity contribution in [1.82, 2.24) is 15.2 Å². The number of nitrogens with one attached hydrogen (secondary N) is 1. The van der Waals surface area contributed by atoms with Crippen molar-refractivity contribution in [2.75, 3.05) is 24.5 Å². The van der Waals surface area contributed by atoms with Gasteiger partial charge in [-0.2, -0.15) is 0 Å². The molecule has 32 heavy (non-hydrogen) atoms. The van der Waals surface area contributed by atoms with Crippen LogP contribution in [0.15, 0.2) is 41.0 Å². The molecule has 1 aromatic heterocycles. The molecule has 0 radical (unpaired) electrons. The molecule has 0 atom stereocenters. The van der Waals surface area contributed by atoms with Gasteiger partial charge in [0, 0.05) is 43.3 Å². The molecule has 1 saturated heterocycles. The number of hydrogen-bond donors (Lipinski definition) is 1. The van der Waals surface area contributed by atoms with E-state index < -0.39 is 0 Å². The quantitative estimate of drug-likeness (QED) is 0.585. The van der Waals surface area contributed by atoms with Crippen molar-refractivity contribution >= 4 is 39.5 Å². The molecule has 0 saturated carbocycles. The average Bonchev–Trinajstić information content (AvgIpc) is 2.99. The fourth-order valence-corrected chi connectivity index (χ4v) is 4.52. The Labute approximate surface area is 196 Å². The predicted molar refractivity (Wildman–Crippen MR) is 126 cm³/mol. The lowest BCUT2D eigenvalue weighted by Crippen LogP contribution is -2.32. The maximum atomic E-state index is 12.5. The highest BCUT2D eigenvalue weighted by molar-refractivity contribution is 9.10. The van der Waals surface area contributed by atoms with Crippen LogP contribution in [-0.4, -0.2) is 47.2 Å². The van der Waals surface area contributed by atoms with Gasteiger partial charge in [0.05, 0.1) is 11.1 Å². The molecule has 0 spiro atoms. The van der Waals surface area contributed by atoms with Crippen molar-refractivity contribution < 1.29 is 14.4 Å². The molecule has 3 heterocycles. The third-order valence-corrected chi connectivity index (χ3v) is 6.44. The summed E-state index contributed by atoms with van der Waals surface area (Å²) in [6.07, 6.45) is 7.46. The van der Waals surface area contributed by atoms with Crippen LogP contribution >= 0.6 is 15.9 Å². The molecular formula is C24H27BrN4O3. The smallest absolute Gasteiger partial charge is 0.261 e. The van der Waals surface area contributed by atoms with Gasteiger partial charge in [-0.15, -0.1) is 0 Å². The minimum atomic E-state index is -0.303. The fraction of sp³-hybridized carbons (Fsp3) is 0.417. The molecule has 2 aliphatic rings. The van der Waals surface area contributed by atoms with Gasteiger partial charge in [0.25, 0.3) is 11.8 Å². The Hall–Kier alpha value is -2.74. The van der Waals surface area contributed by atoms with Crippen molar-refractivity contribution in [2.24, 2.45) is 0 Å². The Bertz CT molecular complexity index is 1000. The van der Waals surface area contributed by atoms with E-state index in [-0.39, 0.29) is 30.7 Å². The van der Waals surface area contributed by atoms with Crippen molar-refractivity contribution in [3.05, 3.63) is 57.7 Å². The molecule has 4 rings (SSSR count). The van der Waals surface area contributed by atoms with Gasteiger partial charge in [-0.25, -0.2) is 4.98 Å². The number of carbonyl (C=O) groups excluding carboxylic acids is 3. The molecule has 2 aromatic rings. The first-order chi connectivity index (χ1) is 15.5. The summed E-state index contributed by atoms with van der Waals surface area (Å²) in [6.45, 7) is 2.73. The minimum absolute atomic E-state index is 0.110. The van der Waals surface area contributed by atoms with E-state index in [0.717, 1.165) is 28.9 Å². The van der Waals surface area contributed by atoms with Gasteiger partial charge in [0.1, 0.15) is 5.82 Å². The van der Waals surface area contributed by atoms with Crippen molar-refractivity contribution in [2.45, 2.75) is 45.1 Å². The number of fused-ring (bicyclic) bond motifs is 1. The third kappa shape index (κ3) is 5.18. The van der Waals surface area contributed by atoms with E-state index in [1.807, 2.05) is 18.3 Å². The topological polar surface area (TPSA) is 82.6 Å². The van der Waals surface area contributed by atoms with E-state index in [1.54, 1.807) is 18.2 Å². The van der Waals surface area contributed by atoms with Crippen LogP contribution in [0, 0.1) is 0 Å². The predicted octanol–water partition coefficient (Wildman–Crippen LogP) is 3.92. The molecule has 3 amide bonds. The van der Waals surface area contributed by atoms with Crippen molar-refractivity contribution in [3.8, 4) is 0 Å². The lowest BCUT2D eigenvalue weighted by Gasteiger charge is -2.21. The highest BCUT2D eigenvalue weighted by Gasteiger charge is 2.35. The Morgan fingerprint density at radius 2 is 1.75 bits per heavy atom. The summed E-state index contributed by atoms with van der Waals surface area (Å²) in [5, 5.41) is 2.89. The standard InChI is InChI=1S/C24H27BrN4O3/c25-18-8-9-19-20(14-18)24(32)29(23(19)31)13-5-6-22(30)27-16-17-7-10-21(26-15-17)28-11-3-1-2-4-12-28/h7-10,14-15H,1-6,11-13,16H2,(H,27,30). The molecular weight excluding hydrogens is 472 g/mol. The SMILES string of the molecule is O=C(CCCN1C(=O)c2ccc(Br)cc2C1=O)NCc1ccc(N2CCCCCC2)nc1. The lowest BCUT2D eigenvalue weighted by molar-refractivity contribution is -0.121. The van der Waals surface area contributed by atoms with Gasteiger partial charge < -0.3 is 10.2 Å². The third-order valence-electron chi connectivity index (χ3n) is 5.95. The number of aromatic nitrogens is 1. The van der Waals surface area contributed by atoms with Gasteiger partial charge in [0.15, 0.2) is 0 Å². The highest BCUT2D eigenvalue weighted by atomic mass is 79.9. The minimum Gasteiger partial charge on any atom is -0.357 e. The summed E-state index contributed by atoms with van der Waals surface area (Å²) < 4.78 is 0.757. The zero-order chi connectivity index (χ0) is 22.5. The molecule has 7 nitrogen and oxygen atoms in total. The molecule has 8 heteroatoms. The van der Waals surface area contributed by atoms with Crippen molar-refractivity contribution in [3.63, 3.8) is 0 Å². The van der Waals surface area contributed by atoms with Crippen LogP contribution < -0.4 is 10.2 Å². The Morgan fingerprint density at radius 3 is 2.47 bits per heavy atom. The van der Waals surface area contributed by atoms with Crippen LogP contribution in [0.2, 0.25) is 0 Å². The largest absolute Gasteiger partial charge is 0.357 e. The van der Waals surface area contributed by atoms with Gasteiger partial charge in [-0.05, 0) is 49.1 Å². The number of benzene rings is 1. The van der Waals surface area contributed by atoms with Gasteiger partial charge in [-0.1, -0.05) is 34.8 Å². The number of rotatable bonds is 7. The summed E-state index contributed by atoms with van der Waals surface area (Å²) in [7, 11) is 0. The van der Waals surface area contributed by atoms with Crippen LogP contribution in [-0.2, 0) is 11.3 Å². The number of halogens is 1. The van der Waals surface area contributed by atoms with E-state index in [1.165, 1.54) is 30.6 Å². The Morgan fingerprint density at radius 1 is 1.00 bits per heavy atom. The van der Waals surface area contributed by atoms with E-state index in [4.69, 9.17) is 0 Å². The Balaban J connectivity index is 1.21. The molecule has 1 aromatic carbocycles. The maximum absolute atomic E-state index is 12.5. The first-order valence-electron chi connectivity index (χ1n) is 11.2. The van der Waals surface area contributed by atoms with E-state index >= 15 is 0 Å². The number of carbonyl (C=O) groups is 3. The number of hydrogen-bond acceptors (Lipinski definition) is 5. The zero-order valence-electron chi connectivity index (χ0n) is 18.0. The second-order valence-corrected chi connectivity index (χ2v) is 9.17. The number of nitrogens with zero attached hydrogens (tertiary/aromatic N) is 3. The molecule has 0 aliphatic carbocycles. The van der Waals surface area contributed by atoms with Gasteiger partial charge in [-0.3, -0.25) is 19.3 Å². The molecule has 0 unspecified atom stereocenters. The monoisotopic (exact) mass is 498 g/mol. The van der Waals surface area contributed by atoms with E-state index in [2.05, 4.69) is 31.1 Å². The van der Waals surface area contributed by atoms with E-state index in [0.29, 0.717) is 24.1 Å². The summed E-state index contributed by atoms with van der Waals surface area (Å²) in [5.74, 6) is 0.284. The molecule has 2 aliphatic heterocycles. The van der Waals surface area contributed by atoms with Crippen LogP contribution in [0.3, 0.4) is 0 Å². The first kappa shape index (κ1) is 22.5. The second-order valence-electron chi connectivity index (χ2n) is 8.26. The zero-order valence-corrected chi connectivity index (χ0v) is 19.6. The molecule has 1 N–H and O–H groups in total. The van der Waals surface area contributed by atoms with Crippen LogP contribution in [0.1, 0.15) is 64.8 Å². The number of pyridine rings is 1.